The van der Waals surface area contributed by atoms with E-state index in [1.165, 1.54) is 61.7 Å². The summed E-state index contributed by atoms with van der Waals surface area (Å²) in [6.07, 6.45) is 2.87. The van der Waals surface area contributed by atoms with Gasteiger partial charge in [0.05, 0.1) is 72.0 Å². The van der Waals surface area contributed by atoms with Gasteiger partial charge in [0.25, 0.3) is 59.1 Å². The molecule has 0 aliphatic carbocycles. The minimum Gasteiger partial charge on any atom is -0.492 e. The van der Waals surface area contributed by atoms with Gasteiger partial charge in [0.15, 0.2) is 17.2 Å². The molecule has 46 heteroatoms. The summed E-state index contributed by atoms with van der Waals surface area (Å²) in [7, 11) is 0. The van der Waals surface area contributed by atoms with Crippen molar-refractivity contribution >= 4 is 197 Å². The number of rotatable bonds is 35. The van der Waals surface area contributed by atoms with E-state index in [9.17, 15) is 82.0 Å². The summed E-state index contributed by atoms with van der Waals surface area (Å²) in [4.78, 5) is 205. The van der Waals surface area contributed by atoms with Crippen molar-refractivity contribution in [2.24, 2.45) is 0 Å². The summed E-state index contributed by atoms with van der Waals surface area (Å²) in [5, 5.41) is 14.9. The number of nitro benzene ring substituents is 1. The SMILES string of the molecule is CCCCCCCOc1c(Cl)cc(COC(=O)ON2C(=O)CCC2=O)cc1Cl.CCCOc1c(Br)cc(COC(=O)ON2C(=O)CCC2=O)cc1Br.CCCOc1c(Cl)cc(COC(=O)ON2C(=O)CCC2=O)cc1Cl.CCCOc1c(Cl)cc(Cl)cc1COC(=O)ON1C(=O)CCC1=O.CCCOc1ccc(COC(=O)ON2C(=O)CCC2=O)cc1[N+](=O)[O-]. The van der Waals surface area contributed by atoms with Crippen molar-refractivity contribution in [2.45, 2.75) is 190 Å². The highest BCUT2D eigenvalue weighted by Gasteiger charge is 2.38. The summed E-state index contributed by atoms with van der Waals surface area (Å²) in [5.41, 5.74) is 2.20. The van der Waals surface area contributed by atoms with Gasteiger partial charge in [0, 0.05) is 80.9 Å². The third kappa shape index (κ3) is 33.6. The van der Waals surface area contributed by atoms with Crippen molar-refractivity contribution < 1.29 is 148 Å². The van der Waals surface area contributed by atoms with Crippen LogP contribution < -0.4 is 23.7 Å². The van der Waals surface area contributed by atoms with Crippen molar-refractivity contribution in [3.8, 4) is 28.7 Å². The van der Waals surface area contributed by atoms with Gasteiger partial charge in [-0.2, -0.15) is 0 Å². The molecule has 5 fully saturated rings. The van der Waals surface area contributed by atoms with Gasteiger partial charge in [-0.3, -0.25) is 82.2 Å². The highest BCUT2D eigenvalue weighted by Crippen LogP contribution is 2.39. The van der Waals surface area contributed by atoms with E-state index in [-0.39, 0.29) is 124 Å². The molecule has 5 aliphatic heterocycles. The van der Waals surface area contributed by atoms with E-state index in [1.807, 2.05) is 27.7 Å². The number of carbonyl (C=O) groups excluding carboxylic acids is 15. The number of carbonyl (C=O) groups is 15. The summed E-state index contributed by atoms with van der Waals surface area (Å²) < 4.78 is 53.3. The first-order valence-corrected chi connectivity index (χ1v) is 42.3. The fourth-order valence-electron chi connectivity index (χ4n) is 10.5. The van der Waals surface area contributed by atoms with Gasteiger partial charge in [-0.05, 0) is 141 Å². The van der Waals surface area contributed by atoms with Crippen LogP contribution in [0.15, 0.2) is 75.7 Å². The van der Waals surface area contributed by atoms with E-state index in [0.717, 1.165) is 32.1 Å². The Morgan fingerprint density at radius 3 is 0.960 bits per heavy atom. The molecule has 5 aromatic rings. The lowest BCUT2D eigenvalue weighted by Crippen LogP contribution is -2.32. The molecule has 0 spiro atoms. The lowest BCUT2D eigenvalue weighted by molar-refractivity contribution is -0.386. The molecule has 5 heterocycles. The number of hydrogen-bond acceptors (Lipinski definition) is 32. The summed E-state index contributed by atoms with van der Waals surface area (Å²) in [5.74, 6) is -3.99. The third-order valence-electron chi connectivity index (χ3n) is 16.4. The summed E-state index contributed by atoms with van der Waals surface area (Å²) in [6.45, 7) is 11.2. The minimum atomic E-state index is -1.25. The molecule has 10 amide bonds. The van der Waals surface area contributed by atoms with Crippen LogP contribution in [-0.2, 0) is 129 Å². The van der Waals surface area contributed by atoms with Gasteiger partial charge in [0.1, 0.15) is 44.5 Å². The minimum absolute atomic E-state index is 0.00498. The van der Waals surface area contributed by atoms with Crippen molar-refractivity contribution in [3.05, 3.63) is 144 Å². The van der Waals surface area contributed by atoms with Crippen LogP contribution in [0.2, 0.25) is 30.1 Å². The van der Waals surface area contributed by atoms with E-state index < -0.39 is 94.8 Å². The molecule has 0 saturated carbocycles. The van der Waals surface area contributed by atoms with Crippen molar-refractivity contribution in [3.63, 3.8) is 0 Å². The van der Waals surface area contributed by atoms with Crippen LogP contribution in [0.4, 0.5) is 29.7 Å². The molecule has 5 aliphatic rings. The van der Waals surface area contributed by atoms with E-state index >= 15 is 0 Å². The zero-order valence-corrected chi connectivity index (χ0v) is 75.3. The summed E-state index contributed by atoms with van der Waals surface area (Å²) in [6, 6.07) is 16.9. The molecule has 38 nitrogen and oxygen atoms in total. The first-order chi connectivity index (χ1) is 59.6. The fourth-order valence-corrected chi connectivity index (χ4v) is 13.9. The zero-order valence-electron chi connectivity index (χ0n) is 67.6. The molecule has 0 bridgehead atoms. The molecular formula is C79H84Br2Cl6N6O32. The van der Waals surface area contributed by atoms with E-state index in [0.29, 0.717) is 140 Å². The first-order valence-electron chi connectivity index (χ1n) is 38.5. The number of unbranched alkanes of at least 4 members (excludes halogenated alkanes) is 4. The average molecular weight is 2000 g/mol. The number of halogens is 8. The topological polar surface area (TPSA) is 454 Å². The van der Waals surface area contributed by atoms with Crippen LogP contribution in [0.3, 0.4) is 0 Å². The number of amides is 10. The number of hydroxylamine groups is 10. The molecule has 5 saturated heterocycles. The number of benzene rings is 5. The predicted molar refractivity (Wildman–Crippen MR) is 444 cm³/mol. The molecule has 678 valence electrons. The maximum Gasteiger partial charge on any atom is 0.534 e. The summed E-state index contributed by atoms with van der Waals surface area (Å²) >= 11 is 43.4. The molecule has 0 atom stereocenters. The Morgan fingerprint density at radius 1 is 0.336 bits per heavy atom. The van der Waals surface area contributed by atoms with Crippen LogP contribution in [0, 0.1) is 10.1 Å². The molecular weight excluding hydrogens is 1920 g/mol. The molecule has 0 radical (unpaired) electrons. The smallest absolute Gasteiger partial charge is 0.492 e. The van der Waals surface area contributed by atoms with Gasteiger partial charge in [-0.1, -0.05) is 161 Å². The second kappa shape index (κ2) is 52.9. The Morgan fingerprint density at radius 2 is 0.624 bits per heavy atom. The van der Waals surface area contributed by atoms with Crippen molar-refractivity contribution in [2.75, 3.05) is 33.0 Å². The highest BCUT2D eigenvalue weighted by atomic mass is 79.9. The molecule has 0 unspecified atom stereocenters. The van der Waals surface area contributed by atoms with Crippen LogP contribution in [0.25, 0.3) is 0 Å². The van der Waals surface area contributed by atoms with Gasteiger partial charge < -0.3 is 47.4 Å². The molecule has 0 aromatic heterocycles. The Hall–Kier alpha value is -10.8. The largest absolute Gasteiger partial charge is 0.534 e. The Kier molecular flexibility index (Phi) is 43.6. The standard InChI is InChI=1S/C19H23Cl2NO6.C15H15Br2NO6.2C15H15Cl2NO6.C15H16N2O8/c1-2-3-4-5-6-9-26-18-14(20)10-13(11-15(18)21)12-27-19(25)28-22-16(23)7-8-17(22)24;1-2-5-22-14-10(16)6-9(7-11(14)17)8-23-15(21)24-18-12(19)3-4-13(18)20;1-2-5-22-14-9(6-10(16)7-11(14)17)8-23-15(21)24-18-12(19)3-4-13(18)20;1-2-5-22-14-10(16)6-9(7-11(14)17)8-23-15(21)24-18-12(19)3-4-13(18)20;1-2-7-23-12-4-3-10(8-11(12)17(21)22)9-24-15(20)25-16-13(18)5-6-14(16)19/h10-11H,2-9,12H2,1H3;3*6-7H,2-5,8H2,1H3;3-4,8H,2,5-7,9H2,1H3. The number of nitro groups is 1. The van der Waals surface area contributed by atoms with E-state index in [1.54, 1.807) is 24.3 Å². The number of ether oxygens (including phenoxy) is 10. The Bertz CT molecular complexity index is 4510. The van der Waals surface area contributed by atoms with Crippen LogP contribution >= 0.6 is 101 Å². The second-order valence-electron chi connectivity index (χ2n) is 26.3. The normalized spacial score (nSPS) is 13.9. The highest BCUT2D eigenvalue weighted by molar-refractivity contribution is 9.11. The number of imide groups is 5. The average Bonchev–Trinajstić information content (AvgIpc) is 1.72. The lowest BCUT2D eigenvalue weighted by Gasteiger charge is -2.15. The zero-order chi connectivity index (χ0) is 92.0. The van der Waals surface area contributed by atoms with E-state index in [4.69, 9.17) is 117 Å². The molecule has 10 rings (SSSR count). The molecule has 125 heavy (non-hydrogen) atoms. The predicted octanol–water partition coefficient (Wildman–Crippen LogP) is 17.9. The number of nitrogens with zero attached hydrogens (tertiary/aromatic N) is 6. The lowest BCUT2D eigenvalue weighted by atomic mass is 10.2. The van der Waals surface area contributed by atoms with Crippen LogP contribution in [0.5, 0.6) is 28.7 Å². The number of hydrogen-bond donors (Lipinski definition) is 0. The van der Waals surface area contributed by atoms with Gasteiger partial charge in [-0.15, -0.1) is 0 Å². The van der Waals surface area contributed by atoms with Crippen molar-refractivity contribution in [1.82, 2.24) is 25.3 Å². The molecule has 5 aromatic carbocycles. The quantitative estimate of drug-likeness (QED) is 0.00907. The monoisotopic (exact) mass is 2000 g/mol. The van der Waals surface area contributed by atoms with Gasteiger partial charge in [-0.25, -0.2) is 24.0 Å². The maximum atomic E-state index is 11.7. The van der Waals surface area contributed by atoms with Gasteiger partial charge >= 0.3 is 36.5 Å². The van der Waals surface area contributed by atoms with Gasteiger partial charge in [0.2, 0.25) is 0 Å². The Balaban J connectivity index is 0.000000242. The second-order valence-corrected chi connectivity index (χ2v) is 30.5. The van der Waals surface area contributed by atoms with E-state index in [2.05, 4.69) is 63.0 Å². The third-order valence-corrected chi connectivity index (χ3v) is 19.2. The van der Waals surface area contributed by atoms with Crippen LogP contribution in [0.1, 0.15) is 184 Å². The maximum absolute atomic E-state index is 11.7. The Labute approximate surface area is 760 Å². The fraction of sp³-hybridized carbons (Fsp3) is 0.430. The first kappa shape index (κ1) is 103. The van der Waals surface area contributed by atoms with Crippen molar-refractivity contribution in [1.29, 1.82) is 0 Å². The van der Waals surface area contributed by atoms with Crippen LogP contribution in [-0.4, -0.2) is 153 Å². The molecule has 0 N–H and O–H groups in total.